The molecule has 1 aromatic heterocycles. The Labute approximate surface area is 167 Å². The fourth-order valence-electron chi connectivity index (χ4n) is 2.84. The second-order valence-electron chi connectivity index (χ2n) is 6.32. The Morgan fingerprint density at radius 3 is 2.75 bits per heavy atom. The minimum Gasteiger partial charge on any atom is -0.375 e. The third kappa shape index (κ3) is 4.85. The standard InChI is InChI=1S/C21H20ClN3O3/c1-13-18(10-15-9-16(22)6-7-19(15)24-13)21(27)23-11-14-4-3-5-17(8-14)25-20(26)12-28-2/h3-10H,11-12H2,1-2H3,(H,23,27)(H,25,26). The van der Waals surface area contributed by atoms with Gasteiger partial charge in [0.05, 0.1) is 16.8 Å². The molecule has 2 aromatic carbocycles. The molecule has 0 radical (unpaired) electrons. The molecule has 28 heavy (non-hydrogen) atoms. The van der Waals surface area contributed by atoms with Gasteiger partial charge in [0.25, 0.3) is 5.91 Å². The van der Waals surface area contributed by atoms with E-state index in [0.29, 0.717) is 28.5 Å². The van der Waals surface area contributed by atoms with E-state index in [1.54, 1.807) is 37.3 Å². The van der Waals surface area contributed by atoms with E-state index >= 15 is 0 Å². The van der Waals surface area contributed by atoms with Crippen LogP contribution in [0.25, 0.3) is 10.9 Å². The summed E-state index contributed by atoms with van der Waals surface area (Å²) in [6.07, 6.45) is 0. The topological polar surface area (TPSA) is 80.3 Å². The van der Waals surface area contributed by atoms with Crippen LogP contribution in [0.4, 0.5) is 5.69 Å². The Morgan fingerprint density at radius 1 is 1.14 bits per heavy atom. The van der Waals surface area contributed by atoms with E-state index in [1.807, 2.05) is 18.2 Å². The van der Waals surface area contributed by atoms with Crippen LogP contribution in [0.2, 0.25) is 5.02 Å². The molecular formula is C21H20ClN3O3. The molecule has 7 heteroatoms. The molecule has 144 valence electrons. The van der Waals surface area contributed by atoms with Crippen molar-refractivity contribution in [2.75, 3.05) is 19.0 Å². The fourth-order valence-corrected chi connectivity index (χ4v) is 3.02. The molecule has 0 saturated carbocycles. The maximum absolute atomic E-state index is 12.6. The lowest BCUT2D eigenvalue weighted by Crippen LogP contribution is -2.24. The number of pyridine rings is 1. The summed E-state index contributed by atoms with van der Waals surface area (Å²) in [4.78, 5) is 28.7. The average Bonchev–Trinajstić information content (AvgIpc) is 2.66. The molecule has 0 aliphatic carbocycles. The highest BCUT2D eigenvalue weighted by Gasteiger charge is 2.12. The van der Waals surface area contributed by atoms with E-state index in [-0.39, 0.29) is 18.4 Å². The Bertz CT molecular complexity index is 1040. The summed E-state index contributed by atoms with van der Waals surface area (Å²) in [5.74, 6) is -0.457. The highest BCUT2D eigenvalue weighted by molar-refractivity contribution is 6.31. The number of amides is 2. The molecule has 0 atom stereocenters. The first kappa shape index (κ1) is 19.8. The van der Waals surface area contributed by atoms with Crippen LogP contribution < -0.4 is 10.6 Å². The number of carbonyl (C=O) groups excluding carboxylic acids is 2. The van der Waals surface area contributed by atoms with E-state index in [0.717, 1.165) is 16.5 Å². The van der Waals surface area contributed by atoms with Crippen molar-refractivity contribution < 1.29 is 14.3 Å². The second-order valence-corrected chi connectivity index (χ2v) is 6.76. The van der Waals surface area contributed by atoms with Gasteiger partial charge in [0.15, 0.2) is 0 Å². The van der Waals surface area contributed by atoms with Crippen molar-refractivity contribution in [1.82, 2.24) is 10.3 Å². The lowest BCUT2D eigenvalue weighted by atomic mass is 10.1. The van der Waals surface area contributed by atoms with Crippen LogP contribution in [0.1, 0.15) is 21.6 Å². The van der Waals surface area contributed by atoms with Crippen molar-refractivity contribution in [1.29, 1.82) is 0 Å². The molecule has 0 spiro atoms. The van der Waals surface area contributed by atoms with Crippen molar-refractivity contribution in [3.05, 3.63) is 70.4 Å². The molecule has 0 saturated heterocycles. The van der Waals surface area contributed by atoms with Gasteiger partial charge in [-0.1, -0.05) is 23.7 Å². The molecule has 0 aliphatic rings. The average molecular weight is 398 g/mol. The van der Waals surface area contributed by atoms with E-state index < -0.39 is 0 Å². The van der Waals surface area contributed by atoms with E-state index in [1.165, 1.54) is 7.11 Å². The maximum atomic E-state index is 12.6. The third-order valence-corrected chi connectivity index (χ3v) is 4.39. The number of hydrogen-bond acceptors (Lipinski definition) is 4. The summed E-state index contributed by atoms with van der Waals surface area (Å²) < 4.78 is 4.80. The minimum atomic E-state index is -0.236. The van der Waals surface area contributed by atoms with Gasteiger partial charge < -0.3 is 15.4 Å². The molecule has 1 heterocycles. The van der Waals surface area contributed by atoms with E-state index in [2.05, 4.69) is 15.6 Å². The largest absolute Gasteiger partial charge is 0.375 e. The van der Waals surface area contributed by atoms with Crippen molar-refractivity contribution in [3.8, 4) is 0 Å². The second kappa shape index (κ2) is 8.82. The van der Waals surface area contributed by atoms with Gasteiger partial charge in [-0.3, -0.25) is 14.6 Å². The van der Waals surface area contributed by atoms with Gasteiger partial charge in [0, 0.05) is 29.8 Å². The van der Waals surface area contributed by atoms with Crippen LogP contribution in [-0.4, -0.2) is 30.5 Å². The van der Waals surface area contributed by atoms with E-state index in [4.69, 9.17) is 16.3 Å². The molecule has 2 amide bonds. The van der Waals surface area contributed by atoms with Crippen molar-refractivity contribution in [2.45, 2.75) is 13.5 Å². The van der Waals surface area contributed by atoms with Gasteiger partial charge in [-0.05, 0) is 48.9 Å². The maximum Gasteiger partial charge on any atom is 0.253 e. The van der Waals surface area contributed by atoms with Crippen LogP contribution in [0.3, 0.4) is 0 Å². The zero-order chi connectivity index (χ0) is 20.1. The number of ether oxygens (including phenoxy) is 1. The third-order valence-electron chi connectivity index (χ3n) is 4.15. The zero-order valence-electron chi connectivity index (χ0n) is 15.6. The SMILES string of the molecule is COCC(=O)Nc1cccc(CNC(=O)c2cc3cc(Cl)ccc3nc2C)c1. The summed E-state index contributed by atoms with van der Waals surface area (Å²) in [7, 11) is 1.46. The summed E-state index contributed by atoms with van der Waals surface area (Å²) in [5.41, 5.74) is 3.44. The summed E-state index contributed by atoms with van der Waals surface area (Å²) in [6, 6.07) is 14.4. The fraction of sp³-hybridized carbons (Fsp3) is 0.190. The lowest BCUT2D eigenvalue weighted by Gasteiger charge is -2.10. The number of fused-ring (bicyclic) bond motifs is 1. The van der Waals surface area contributed by atoms with Crippen molar-refractivity contribution in [3.63, 3.8) is 0 Å². The number of rotatable bonds is 6. The first-order valence-electron chi connectivity index (χ1n) is 8.69. The van der Waals surface area contributed by atoms with Crippen LogP contribution in [0, 0.1) is 6.92 Å². The van der Waals surface area contributed by atoms with Gasteiger partial charge in [-0.25, -0.2) is 0 Å². The van der Waals surface area contributed by atoms with Gasteiger partial charge in [-0.2, -0.15) is 0 Å². The summed E-state index contributed by atoms with van der Waals surface area (Å²) >= 11 is 6.04. The number of nitrogens with one attached hydrogen (secondary N) is 2. The molecule has 0 fully saturated rings. The molecular weight excluding hydrogens is 378 g/mol. The van der Waals surface area contributed by atoms with Crippen LogP contribution >= 0.6 is 11.6 Å². The van der Waals surface area contributed by atoms with Gasteiger partial charge in [0.2, 0.25) is 5.91 Å². The van der Waals surface area contributed by atoms with Crippen LogP contribution in [-0.2, 0) is 16.1 Å². The molecule has 2 N–H and O–H groups in total. The molecule has 0 aliphatic heterocycles. The van der Waals surface area contributed by atoms with Crippen LogP contribution in [0.15, 0.2) is 48.5 Å². The highest BCUT2D eigenvalue weighted by Crippen LogP contribution is 2.21. The zero-order valence-corrected chi connectivity index (χ0v) is 16.3. The number of carbonyl (C=O) groups is 2. The first-order chi connectivity index (χ1) is 13.5. The summed E-state index contributed by atoms with van der Waals surface area (Å²) in [5, 5.41) is 7.04. The quantitative estimate of drug-likeness (QED) is 0.664. The number of methoxy groups -OCH3 is 1. The Morgan fingerprint density at radius 2 is 1.96 bits per heavy atom. The minimum absolute atomic E-state index is 0.0147. The molecule has 0 bridgehead atoms. The molecule has 3 rings (SSSR count). The Hall–Kier alpha value is -2.96. The number of hydrogen-bond donors (Lipinski definition) is 2. The molecule has 0 unspecified atom stereocenters. The summed E-state index contributed by atoms with van der Waals surface area (Å²) in [6.45, 7) is 2.11. The number of aromatic nitrogens is 1. The smallest absolute Gasteiger partial charge is 0.253 e. The number of halogens is 1. The number of anilines is 1. The van der Waals surface area contributed by atoms with Crippen molar-refractivity contribution in [2.24, 2.45) is 0 Å². The number of nitrogens with zero attached hydrogens (tertiary/aromatic N) is 1. The predicted molar refractivity (Wildman–Crippen MR) is 110 cm³/mol. The number of aryl methyl sites for hydroxylation is 1. The van der Waals surface area contributed by atoms with Gasteiger partial charge in [-0.15, -0.1) is 0 Å². The molecule has 6 nitrogen and oxygen atoms in total. The lowest BCUT2D eigenvalue weighted by molar-refractivity contribution is -0.119. The highest BCUT2D eigenvalue weighted by atomic mass is 35.5. The predicted octanol–water partition coefficient (Wildman–Crippen LogP) is 3.71. The van der Waals surface area contributed by atoms with Gasteiger partial charge >= 0.3 is 0 Å². The van der Waals surface area contributed by atoms with Crippen LogP contribution in [0.5, 0.6) is 0 Å². The molecule has 3 aromatic rings. The Balaban J connectivity index is 1.71. The van der Waals surface area contributed by atoms with Gasteiger partial charge in [0.1, 0.15) is 6.61 Å². The normalized spacial score (nSPS) is 10.7. The monoisotopic (exact) mass is 397 g/mol. The first-order valence-corrected chi connectivity index (χ1v) is 9.07. The van der Waals surface area contributed by atoms with E-state index in [9.17, 15) is 9.59 Å². The Kier molecular flexibility index (Phi) is 6.23. The van der Waals surface area contributed by atoms with Crippen molar-refractivity contribution >= 4 is 40.0 Å². The number of benzene rings is 2.